The zero-order valence-corrected chi connectivity index (χ0v) is 10.1. The molecule has 3 heteroatoms. The number of carbonyl (C=O) groups is 1. The van der Waals surface area contributed by atoms with E-state index in [4.69, 9.17) is 0 Å². The Labute approximate surface area is 101 Å². The molecule has 0 amide bonds. The topological polar surface area (TPSA) is 29.1 Å². The van der Waals surface area contributed by atoms with Gasteiger partial charge in [0.1, 0.15) is 0 Å². The first-order valence-electron chi connectivity index (χ1n) is 5.40. The van der Waals surface area contributed by atoms with Crippen LogP contribution < -0.4 is 5.32 Å². The van der Waals surface area contributed by atoms with Crippen molar-refractivity contribution in [3.05, 3.63) is 46.5 Å². The summed E-state index contributed by atoms with van der Waals surface area (Å²) in [4.78, 5) is 12.4. The number of allylic oxidation sites excluding steroid dienone is 2. The second-order valence-electron chi connectivity index (χ2n) is 4.02. The average Bonchev–Trinajstić information content (AvgIpc) is 2.33. The van der Waals surface area contributed by atoms with Crippen LogP contribution in [0.3, 0.4) is 0 Å². The van der Waals surface area contributed by atoms with Gasteiger partial charge in [0, 0.05) is 19.2 Å². The molecule has 0 radical (unpaired) electrons. The number of benzene rings is 1. The minimum Gasteiger partial charge on any atom is -0.390 e. The van der Waals surface area contributed by atoms with Crippen molar-refractivity contribution >= 4 is 18.4 Å². The Bertz CT molecular complexity index is 425. The van der Waals surface area contributed by atoms with Crippen molar-refractivity contribution in [3.8, 4) is 0 Å². The highest BCUT2D eigenvalue weighted by Crippen LogP contribution is 2.34. The van der Waals surface area contributed by atoms with E-state index in [1.807, 2.05) is 25.2 Å². The van der Waals surface area contributed by atoms with E-state index in [1.54, 1.807) is 0 Å². The summed E-state index contributed by atoms with van der Waals surface area (Å²) in [5, 5.41) is 3.07. The summed E-state index contributed by atoms with van der Waals surface area (Å²) >= 11 is 4.25. The Kier molecular flexibility index (Phi) is 3.34. The lowest BCUT2D eigenvalue weighted by Crippen LogP contribution is -2.22. The molecule has 1 aliphatic rings. The highest BCUT2D eigenvalue weighted by atomic mass is 32.1. The zero-order valence-electron chi connectivity index (χ0n) is 9.23. The third kappa shape index (κ3) is 2.14. The van der Waals surface area contributed by atoms with Gasteiger partial charge >= 0.3 is 0 Å². The second kappa shape index (κ2) is 4.74. The fourth-order valence-corrected chi connectivity index (χ4v) is 2.38. The molecule has 1 aliphatic carbocycles. The SMILES string of the molecule is CNC1=C(S)C(=O)CC(c2ccccc2)C1. The molecule has 0 aliphatic heterocycles. The van der Waals surface area contributed by atoms with Gasteiger partial charge in [-0.25, -0.2) is 0 Å². The van der Waals surface area contributed by atoms with Crippen LogP contribution in [0.25, 0.3) is 0 Å². The van der Waals surface area contributed by atoms with Crippen molar-refractivity contribution in [2.45, 2.75) is 18.8 Å². The lowest BCUT2D eigenvalue weighted by atomic mass is 9.85. The summed E-state index contributed by atoms with van der Waals surface area (Å²) in [6.07, 6.45) is 1.43. The van der Waals surface area contributed by atoms with Crippen LogP contribution in [0.5, 0.6) is 0 Å². The summed E-state index contributed by atoms with van der Waals surface area (Å²) < 4.78 is 0. The number of Topliss-reactive ketones (excluding diaryl/α,β-unsaturated/α-hetero) is 1. The Morgan fingerprint density at radius 1 is 1.25 bits per heavy atom. The Hall–Kier alpha value is -1.22. The van der Waals surface area contributed by atoms with Crippen molar-refractivity contribution < 1.29 is 4.79 Å². The first-order chi connectivity index (χ1) is 7.72. The minimum absolute atomic E-state index is 0.132. The molecule has 2 rings (SSSR count). The van der Waals surface area contributed by atoms with Gasteiger partial charge in [0.2, 0.25) is 0 Å². The van der Waals surface area contributed by atoms with Crippen LogP contribution in [-0.4, -0.2) is 12.8 Å². The molecular formula is C13H15NOS. The molecule has 0 spiro atoms. The standard InChI is InChI=1S/C13H15NOS/c1-14-11-7-10(8-12(15)13(11)16)9-5-3-2-4-6-9/h2-6,10,14,16H,7-8H2,1H3. The molecule has 1 aromatic carbocycles. The minimum atomic E-state index is 0.132. The molecule has 1 unspecified atom stereocenters. The van der Waals surface area contributed by atoms with Crippen LogP contribution in [0.1, 0.15) is 24.3 Å². The summed E-state index contributed by atoms with van der Waals surface area (Å²) in [5.41, 5.74) is 2.18. The van der Waals surface area contributed by atoms with Crippen LogP contribution in [-0.2, 0) is 4.79 Å². The lowest BCUT2D eigenvalue weighted by molar-refractivity contribution is -0.115. The Balaban J connectivity index is 2.26. The number of rotatable bonds is 2. The molecule has 84 valence electrons. The third-order valence-electron chi connectivity index (χ3n) is 3.01. The van der Waals surface area contributed by atoms with E-state index < -0.39 is 0 Å². The van der Waals surface area contributed by atoms with Crippen molar-refractivity contribution in [1.82, 2.24) is 5.32 Å². The summed E-state index contributed by atoms with van der Waals surface area (Å²) in [7, 11) is 1.84. The van der Waals surface area contributed by atoms with E-state index in [1.165, 1.54) is 5.56 Å². The van der Waals surface area contributed by atoms with E-state index in [0.29, 0.717) is 11.3 Å². The van der Waals surface area contributed by atoms with Gasteiger partial charge in [0.25, 0.3) is 0 Å². The zero-order chi connectivity index (χ0) is 11.5. The van der Waals surface area contributed by atoms with Crippen LogP contribution in [0, 0.1) is 0 Å². The molecule has 0 heterocycles. The van der Waals surface area contributed by atoms with Gasteiger partial charge < -0.3 is 5.32 Å². The van der Waals surface area contributed by atoms with E-state index >= 15 is 0 Å². The highest BCUT2D eigenvalue weighted by molar-refractivity contribution is 7.85. The van der Waals surface area contributed by atoms with Gasteiger partial charge in [-0.05, 0) is 17.9 Å². The van der Waals surface area contributed by atoms with Crippen LogP contribution in [0.4, 0.5) is 0 Å². The summed E-state index contributed by atoms with van der Waals surface area (Å²) in [5.74, 6) is 0.417. The molecular weight excluding hydrogens is 218 g/mol. The van der Waals surface area contributed by atoms with Gasteiger partial charge in [0.05, 0.1) is 4.91 Å². The highest BCUT2D eigenvalue weighted by Gasteiger charge is 2.26. The smallest absolute Gasteiger partial charge is 0.171 e. The van der Waals surface area contributed by atoms with E-state index in [9.17, 15) is 4.79 Å². The molecule has 1 aromatic rings. The number of thiol groups is 1. The predicted molar refractivity (Wildman–Crippen MR) is 68.5 cm³/mol. The third-order valence-corrected chi connectivity index (χ3v) is 3.52. The van der Waals surface area contributed by atoms with Crippen LogP contribution in [0.2, 0.25) is 0 Å². The summed E-state index contributed by atoms with van der Waals surface area (Å²) in [6.45, 7) is 0. The van der Waals surface area contributed by atoms with Gasteiger partial charge in [-0.3, -0.25) is 4.79 Å². The first kappa shape index (κ1) is 11.3. The average molecular weight is 233 g/mol. The fraction of sp³-hybridized carbons (Fsp3) is 0.308. The van der Waals surface area contributed by atoms with Gasteiger partial charge in [-0.1, -0.05) is 30.3 Å². The van der Waals surface area contributed by atoms with E-state index in [-0.39, 0.29) is 11.7 Å². The maximum absolute atomic E-state index is 11.8. The molecule has 2 nitrogen and oxygen atoms in total. The van der Waals surface area contributed by atoms with Crippen molar-refractivity contribution in [2.75, 3.05) is 7.05 Å². The van der Waals surface area contributed by atoms with Gasteiger partial charge in [0.15, 0.2) is 5.78 Å². The lowest BCUT2D eigenvalue weighted by Gasteiger charge is -2.24. The van der Waals surface area contributed by atoms with Crippen LogP contribution in [0.15, 0.2) is 40.9 Å². The Morgan fingerprint density at radius 3 is 2.56 bits per heavy atom. The number of hydrogen-bond donors (Lipinski definition) is 2. The van der Waals surface area contributed by atoms with E-state index in [2.05, 4.69) is 30.1 Å². The molecule has 16 heavy (non-hydrogen) atoms. The fourth-order valence-electron chi connectivity index (χ4n) is 2.09. The van der Waals surface area contributed by atoms with Gasteiger partial charge in [-0.15, -0.1) is 12.6 Å². The van der Waals surface area contributed by atoms with Crippen molar-refractivity contribution in [1.29, 1.82) is 0 Å². The molecule has 1 N–H and O–H groups in total. The number of hydrogen-bond acceptors (Lipinski definition) is 3. The van der Waals surface area contributed by atoms with Crippen molar-refractivity contribution in [2.24, 2.45) is 0 Å². The predicted octanol–water partition coefficient (Wildman–Crippen LogP) is 2.49. The molecule has 0 saturated heterocycles. The van der Waals surface area contributed by atoms with Gasteiger partial charge in [-0.2, -0.15) is 0 Å². The maximum atomic E-state index is 11.8. The first-order valence-corrected chi connectivity index (χ1v) is 5.85. The number of nitrogens with one attached hydrogen (secondary N) is 1. The van der Waals surface area contributed by atoms with Crippen molar-refractivity contribution in [3.63, 3.8) is 0 Å². The van der Waals surface area contributed by atoms with Crippen LogP contribution >= 0.6 is 12.6 Å². The monoisotopic (exact) mass is 233 g/mol. The largest absolute Gasteiger partial charge is 0.390 e. The molecule has 0 saturated carbocycles. The Morgan fingerprint density at radius 2 is 1.94 bits per heavy atom. The number of ketones is 1. The normalized spacial score (nSPS) is 21.1. The quantitative estimate of drug-likeness (QED) is 0.768. The van der Waals surface area contributed by atoms with E-state index in [0.717, 1.165) is 12.1 Å². The molecule has 0 aromatic heterocycles. The molecule has 0 fully saturated rings. The molecule has 0 bridgehead atoms. The maximum Gasteiger partial charge on any atom is 0.171 e. The second-order valence-corrected chi connectivity index (χ2v) is 4.46. The molecule has 1 atom stereocenters. The number of carbonyl (C=O) groups excluding carboxylic acids is 1. The summed E-state index contributed by atoms with van der Waals surface area (Å²) in [6, 6.07) is 10.2.